The first-order chi connectivity index (χ1) is 19.0. The number of hydrogen-bond donors (Lipinski definition) is 7. The molecule has 9 nitrogen and oxygen atoms in total. The lowest BCUT2D eigenvalue weighted by molar-refractivity contribution is -0.214. The van der Waals surface area contributed by atoms with E-state index in [1.54, 1.807) is 0 Å². The van der Waals surface area contributed by atoms with Crippen LogP contribution in [-0.2, 0) is 14.9 Å². The monoisotopic (exact) mass is 550 g/mol. The van der Waals surface area contributed by atoms with E-state index in [1.165, 1.54) is 0 Å². The molecule has 1 aliphatic carbocycles. The van der Waals surface area contributed by atoms with Crippen molar-refractivity contribution in [1.29, 1.82) is 0 Å². The summed E-state index contributed by atoms with van der Waals surface area (Å²) in [6.45, 7) is 3.42. The van der Waals surface area contributed by atoms with Crippen LogP contribution in [0.4, 0.5) is 0 Å². The molecule has 2 heterocycles. The Kier molecular flexibility index (Phi) is 8.06. The maximum Gasteiger partial charge on any atom is 0.147 e. The molecule has 2 aromatic rings. The zero-order chi connectivity index (χ0) is 28.8. The van der Waals surface area contributed by atoms with Crippen LogP contribution in [0.2, 0.25) is 0 Å². The number of benzene rings is 2. The maximum atomic E-state index is 10.3. The third-order valence-electron chi connectivity index (χ3n) is 8.04. The van der Waals surface area contributed by atoms with Gasteiger partial charge in [-0.15, -0.1) is 0 Å². The third kappa shape index (κ3) is 5.17. The summed E-state index contributed by atoms with van der Waals surface area (Å²) in [6, 6.07) is 11.7. The van der Waals surface area contributed by atoms with Gasteiger partial charge in [0.2, 0.25) is 0 Å². The summed E-state index contributed by atoms with van der Waals surface area (Å²) in [4.78, 5) is 0. The Morgan fingerprint density at radius 3 is 1.80 bits per heavy atom. The standard InChI is InChI=1S/C31H34O9/c1-31(2)21-11-16(5-9-24-27(35)23(34)13-18(14-32)39-24)3-7-19(21)20-8-4-17(12-22(20)31)6-10-25-28(36)30(38)29(37)26(15-33)40-25/h3-4,7-8,11-12,18,23-30,32-38H,13-15H2,1-2H3/t18?,23?,24?,25?,26?,27?,28?,29-,30?/m1/s1. The van der Waals surface area contributed by atoms with Crippen LogP contribution < -0.4 is 0 Å². The van der Waals surface area contributed by atoms with Gasteiger partial charge in [0.1, 0.15) is 42.7 Å². The van der Waals surface area contributed by atoms with Crippen molar-refractivity contribution in [3.05, 3.63) is 58.7 Å². The largest absolute Gasteiger partial charge is 0.394 e. The van der Waals surface area contributed by atoms with Gasteiger partial charge in [0.15, 0.2) is 0 Å². The van der Waals surface area contributed by atoms with Crippen molar-refractivity contribution in [3.8, 4) is 34.8 Å². The lowest BCUT2D eigenvalue weighted by Gasteiger charge is -2.37. The third-order valence-corrected chi connectivity index (χ3v) is 8.04. The minimum atomic E-state index is -1.48. The molecule has 3 aliphatic rings. The molecule has 9 heteroatoms. The number of rotatable bonds is 2. The molecular formula is C31H34O9. The summed E-state index contributed by atoms with van der Waals surface area (Å²) in [5.74, 6) is 11.8. The Balaban J connectivity index is 1.39. The van der Waals surface area contributed by atoms with Crippen molar-refractivity contribution in [1.82, 2.24) is 0 Å². The van der Waals surface area contributed by atoms with E-state index in [9.17, 15) is 35.7 Å². The molecule has 0 radical (unpaired) electrons. The highest BCUT2D eigenvalue weighted by atomic mass is 16.5. The predicted molar refractivity (Wildman–Crippen MR) is 144 cm³/mol. The Morgan fingerprint density at radius 1 is 0.725 bits per heavy atom. The van der Waals surface area contributed by atoms with Gasteiger partial charge in [0.25, 0.3) is 0 Å². The molecule has 2 aromatic carbocycles. The molecule has 2 fully saturated rings. The summed E-state index contributed by atoms with van der Waals surface area (Å²) in [5.41, 5.74) is 5.24. The Hall–Kier alpha value is -2.80. The minimum Gasteiger partial charge on any atom is -0.394 e. The molecule has 0 saturated carbocycles. The summed E-state index contributed by atoms with van der Waals surface area (Å²) in [5, 5.41) is 69.5. The Bertz CT molecular complexity index is 1380. The Labute approximate surface area is 232 Å². The average Bonchev–Trinajstić information content (AvgIpc) is 3.17. The number of hydrogen-bond acceptors (Lipinski definition) is 9. The molecule has 8 unspecified atom stereocenters. The topological polar surface area (TPSA) is 160 Å². The second kappa shape index (κ2) is 11.2. The zero-order valence-corrected chi connectivity index (χ0v) is 22.2. The SMILES string of the molecule is CC1(C)c2cc(C#CC3OC(CO)CC(O)C3O)ccc2-c2ccc(C#CC3OC(CO)[C@@H](O)C(O)C3O)cc21. The number of fused-ring (bicyclic) bond motifs is 3. The molecule has 0 amide bonds. The molecule has 2 saturated heterocycles. The van der Waals surface area contributed by atoms with E-state index in [0.29, 0.717) is 5.56 Å². The Morgan fingerprint density at radius 2 is 1.27 bits per heavy atom. The highest BCUT2D eigenvalue weighted by Gasteiger charge is 2.43. The lowest BCUT2D eigenvalue weighted by Crippen LogP contribution is -2.58. The van der Waals surface area contributed by atoms with Crippen LogP contribution in [0, 0.1) is 23.7 Å². The zero-order valence-electron chi connectivity index (χ0n) is 22.2. The van der Waals surface area contributed by atoms with E-state index >= 15 is 0 Å². The fraction of sp³-hybridized carbons (Fsp3) is 0.484. The van der Waals surface area contributed by atoms with Crippen LogP contribution in [0.15, 0.2) is 36.4 Å². The molecule has 0 bridgehead atoms. The molecular weight excluding hydrogens is 516 g/mol. The molecule has 0 spiro atoms. The number of ether oxygens (including phenoxy) is 2. The summed E-state index contributed by atoms with van der Waals surface area (Å²) in [6.07, 6.45) is -9.94. The van der Waals surface area contributed by atoms with E-state index in [4.69, 9.17) is 9.47 Å². The quantitative estimate of drug-likeness (QED) is 0.243. The normalized spacial score (nSPS) is 34.1. The van der Waals surface area contributed by atoms with Crippen molar-refractivity contribution >= 4 is 0 Å². The van der Waals surface area contributed by atoms with Gasteiger partial charge < -0.3 is 45.2 Å². The molecule has 2 aliphatic heterocycles. The average molecular weight is 551 g/mol. The highest BCUT2D eigenvalue weighted by molar-refractivity contribution is 5.82. The summed E-state index contributed by atoms with van der Waals surface area (Å²) < 4.78 is 11.1. The molecule has 5 rings (SSSR count). The molecule has 40 heavy (non-hydrogen) atoms. The number of aliphatic hydroxyl groups excluding tert-OH is 7. The van der Waals surface area contributed by atoms with Gasteiger partial charge in [-0.1, -0.05) is 49.7 Å². The molecule has 212 valence electrons. The van der Waals surface area contributed by atoms with Gasteiger partial charge in [-0.2, -0.15) is 0 Å². The van der Waals surface area contributed by atoms with Crippen LogP contribution in [-0.4, -0.2) is 104 Å². The number of aliphatic hydroxyl groups is 7. The van der Waals surface area contributed by atoms with Crippen molar-refractivity contribution in [2.24, 2.45) is 0 Å². The molecule has 9 atom stereocenters. The second-order valence-corrected chi connectivity index (χ2v) is 11.1. The highest BCUT2D eigenvalue weighted by Crippen LogP contribution is 2.49. The van der Waals surface area contributed by atoms with E-state index in [2.05, 4.69) is 37.5 Å². The van der Waals surface area contributed by atoms with Crippen molar-refractivity contribution < 1.29 is 45.2 Å². The van der Waals surface area contributed by atoms with Crippen LogP contribution in [0.1, 0.15) is 42.5 Å². The van der Waals surface area contributed by atoms with E-state index in [0.717, 1.165) is 27.8 Å². The van der Waals surface area contributed by atoms with Gasteiger partial charge in [-0.05, 0) is 46.5 Å². The van der Waals surface area contributed by atoms with Gasteiger partial charge in [-0.25, -0.2) is 0 Å². The summed E-state index contributed by atoms with van der Waals surface area (Å²) in [7, 11) is 0. The van der Waals surface area contributed by atoms with Gasteiger partial charge in [-0.3, -0.25) is 0 Å². The van der Waals surface area contributed by atoms with Crippen LogP contribution >= 0.6 is 0 Å². The van der Waals surface area contributed by atoms with Crippen molar-refractivity contribution in [2.75, 3.05) is 13.2 Å². The fourth-order valence-corrected chi connectivity index (χ4v) is 5.61. The maximum absolute atomic E-state index is 10.3. The van der Waals surface area contributed by atoms with Crippen molar-refractivity contribution in [2.45, 2.75) is 80.6 Å². The predicted octanol–water partition coefficient (Wildman–Crippen LogP) is -0.590. The first kappa shape index (κ1) is 28.7. The second-order valence-electron chi connectivity index (χ2n) is 11.1. The van der Waals surface area contributed by atoms with Gasteiger partial charge in [0.05, 0.1) is 25.4 Å². The molecule has 0 aromatic heterocycles. The van der Waals surface area contributed by atoms with Gasteiger partial charge in [0, 0.05) is 23.0 Å². The van der Waals surface area contributed by atoms with Crippen molar-refractivity contribution in [3.63, 3.8) is 0 Å². The van der Waals surface area contributed by atoms with Crippen LogP contribution in [0.3, 0.4) is 0 Å². The minimum absolute atomic E-state index is 0.149. The van der Waals surface area contributed by atoms with E-state index < -0.39 is 61.5 Å². The van der Waals surface area contributed by atoms with Gasteiger partial charge >= 0.3 is 0 Å². The first-order valence-corrected chi connectivity index (χ1v) is 13.3. The van der Waals surface area contributed by atoms with E-state index in [-0.39, 0.29) is 18.4 Å². The lowest BCUT2D eigenvalue weighted by atomic mass is 9.81. The van der Waals surface area contributed by atoms with E-state index in [1.807, 2.05) is 36.4 Å². The first-order valence-electron chi connectivity index (χ1n) is 13.3. The molecule has 7 N–H and O–H groups in total. The van der Waals surface area contributed by atoms with Crippen LogP contribution in [0.5, 0.6) is 0 Å². The summed E-state index contributed by atoms with van der Waals surface area (Å²) >= 11 is 0. The smallest absolute Gasteiger partial charge is 0.147 e. The fourth-order valence-electron chi connectivity index (χ4n) is 5.61. The van der Waals surface area contributed by atoms with Crippen LogP contribution in [0.25, 0.3) is 11.1 Å².